The van der Waals surface area contributed by atoms with E-state index in [1.807, 2.05) is 14.0 Å². The van der Waals surface area contributed by atoms with Crippen LogP contribution in [0.1, 0.15) is 31.4 Å². The first-order valence-electron chi connectivity index (χ1n) is 6.95. The fourth-order valence-corrected chi connectivity index (χ4v) is 2.94. The number of likely N-dealkylation sites (tertiary alicyclic amines) is 1. The third-order valence-corrected chi connectivity index (χ3v) is 4.00. The Kier molecular flexibility index (Phi) is 6.86. The van der Waals surface area contributed by atoms with Crippen LogP contribution in [0.15, 0.2) is 18.2 Å². The van der Waals surface area contributed by atoms with E-state index in [-0.39, 0.29) is 18.4 Å². The molecule has 0 spiro atoms. The minimum atomic E-state index is -0.514. The van der Waals surface area contributed by atoms with Gasteiger partial charge in [0.2, 0.25) is 0 Å². The quantitative estimate of drug-likeness (QED) is 0.917. The standard InChI is InChI=1S/C15H22F2N2.ClH/c1-11(14-6-5-13(16)8-15(14)17)19-7-3-4-12(10-19)9-18-2;/h5-6,8,11-12,18H,3-4,7,9-10H2,1-2H3;1H. The molecule has 1 aliphatic rings. The second-order valence-electron chi connectivity index (χ2n) is 5.40. The van der Waals surface area contributed by atoms with E-state index in [4.69, 9.17) is 0 Å². The van der Waals surface area contributed by atoms with E-state index in [0.29, 0.717) is 11.5 Å². The molecule has 1 fully saturated rings. The summed E-state index contributed by atoms with van der Waals surface area (Å²) in [5.74, 6) is -0.340. The van der Waals surface area contributed by atoms with Crippen molar-refractivity contribution in [1.29, 1.82) is 0 Å². The molecule has 20 heavy (non-hydrogen) atoms. The lowest BCUT2D eigenvalue weighted by molar-refractivity contribution is 0.129. The van der Waals surface area contributed by atoms with E-state index in [2.05, 4.69) is 10.2 Å². The Morgan fingerprint density at radius 3 is 2.80 bits per heavy atom. The average molecular weight is 305 g/mol. The molecule has 2 unspecified atom stereocenters. The molecule has 1 N–H and O–H groups in total. The summed E-state index contributed by atoms with van der Waals surface area (Å²) >= 11 is 0. The van der Waals surface area contributed by atoms with Crippen molar-refractivity contribution in [2.24, 2.45) is 5.92 Å². The van der Waals surface area contributed by atoms with E-state index in [9.17, 15) is 8.78 Å². The minimum Gasteiger partial charge on any atom is -0.319 e. The predicted molar refractivity (Wildman–Crippen MR) is 80.2 cm³/mol. The van der Waals surface area contributed by atoms with Crippen LogP contribution in [-0.2, 0) is 0 Å². The van der Waals surface area contributed by atoms with Gasteiger partial charge in [0.15, 0.2) is 0 Å². The molecule has 2 rings (SSSR count). The number of rotatable bonds is 4. The highest BCUT2D eigenvalue weighted by molar-refractivity contribution is 5.85. The second-order valence-corrected chi connectivity index (χ2v) is 5.40. The van der Waals surface area contributed by atoms with Gasteiger partial charge in [-0.3, -0.25) is 4.90 Å². The van der Waals surface area contributed by atoms with Crippen LogP contribution in [0, 0.1) is 17.6 Å². The van der Waals surface area contributed by atoms with Gasteiger partial charge in [-0.2, -0.15) is 0 Å². The summed E-state index contributed by atoms with van der Waals surface area (Å²) in [5.41, 5.74) is 0.589. The van der Waals surface area contributed by atoms with Crippen molar-refractivity contribution in [3.05, 3.63) is 35.4 Å². The fraction of sp³-hybridized carbons (Fsp3) is 0.600. The molecule has 1 heterocycles. The van der Waals surface area contributed by atoms with Crippen molar-refractivity contribution in [2.75, 3.05) is 26.7 Å². The lowest BCUT2D eigenvalue weighted by atomic mass is 9.95. The van der Waals surface area contributed by atoms with Crippen LogP contribution in [0.4, 0.5) is 8.78 Å². The zero-order chi connectivity index (χ0) is 13.8. The molecule has 0 amide bonds. The number of hydrogen-bond donors (Lipinski definition) is 1. The van der Waals surface area contributed by atoms with Gasteiger partial charge in [-0.25, -0.2) is 8.78 Å². The molecular formula is C15H23ClF2N2. The largest absolute Gasteiger partial charge is 0.319 e. The van der Waals surface area contributed by atoms with E-state index < -0.39 is 11.6 Å². The Morgan fingerprint density at radius 1 is 1.40 bits per heavy atom. The Morgan fingerprint density at radius 2 is 2.15 bits per heavy atom. The first kappa shape index (κ1) is 17.3. The molecule has 5 heteroatoms. The van der Waals surface area contributed by atoms with Crippen LogP contribution in [0.25, 0.3) is 0 Å². The van der Waals surface area contributed by atoms with Crippen LogP contribution in [0.3, 0.4) is 0 Å². The molecule has 2 nitrogen and oxygen atoms in total. The molecule has 0 radical (unpaired) electrons. The number of hydrogen-bond acceptors (Lipinski definition) is 2. The van der Waals surface area contributed by atoms with E-state index >= 15 is 0 Å². The van der Waals surface area contributed by atoms with Gasteiger partial charge in [0.1, 0.15) is 11.6 Å². The fourth-order valence-electron chi connectivity index (χ4n) is 2.94. The summed E-state index contributed by atoms with van der Waals surface area (Å²) in [7, 11) is 1.96. The maximum Gasteiger partial charge on any atom is 0.130 e. The van der Waals surface area contributed by atoms with Gasteiger partial charge in [0.05, 0.1) is 0 Å². The van der Waals surface area contributed by atoms with Gasteiger partial charge in [-0.15, -0.1) is 12.4 Å². The molecular weight excluding hydrogens is 282 g/mol. The van der Waals surface area contributed by atoms with Crippen LogP contribution < -0.4 is 5.32 Å². The molecule has 2 atom stereocenters. The summed E-state index contributed by atoms with van der Waals surface area (Å²) in [6.07, 6.45) is 2.36. The van der Waals surface area contributed by atoms with Crippen molar-refractivity contribution in [3.63, 3.8) is 0 Å². The van der Waals surface area contributed by atoms with Crippen molar-refractivity contribution in [1.82, 2.24) is 10.2 Å². The van der Waals surface area contributed by atoms with Gasteiger partial charge in [-0.1, -0.05) is 6.07 Å². The number of benzene rings is 1. The topological polar surface area (TPSA) is 15.3 Å². The zero-order valence-electron chi connectivity index (χ0n) is 12.0. The van der Waals surface area contributed by atoms with Crippen LogP contribution >= 0.6 is 12.4 Å². The summed E-state index contributed by atoms with van der Waals surface area (Å²) in [6.45, 7) is 4.95. The third-order valence-electron chi connectivity index (χ3n) is 4.00. The van der Waals surface area contributed by atoms with Crippen LogP contribution in [0.5, 0.6) is 0 Å². The molecule has 0 aliphatic carbocycles. The predicted octanol–water partition coefficient (Wildman–Crippen LogP) is 3.38. The Bertz CT molecular complexity index is 426. The van der Waals surface area contributed by atoms with Gasteiger partial charge in [0.25, 0.3) is 0 Å². The van der Waals surface area contributed by atoms with E-state index in [1.54, 1.807) is 6.07 Å². The van der Waals surface area contributed by atoms with Crippen LogP contribution in [0.2, 0.25) is 0 Å². The first-order valence-corrected chi connectivity index (χ1v) is 6.95. The van der Waals surface area contributed by atoms with E-state index in [1.165, 1.54) is 12.5 Å². The SMILES string of the molecule is CNCC1CCCN(C(C)c2ccc(F)cc2F)C1.Cl. The Labute approximate surface area is 126 Å². The van der Waals surface area contributed by atoms with Gasteiger partial charge < -0.3 is 5.32 Å². The maximum atomic E-state index is 13.8. The van der Waals surface area contributed by atoms with Crippen molar-refractivity contribution in [2.45, 2.75) is 25.8 Å². The molecule has 1 aromatic carbocycles. The summed E-state index contributed by atoms with van der Waals surface area (Å²) in [4.78, 5) is 2.29. The van der Waals surface area contributed by atoms with Gasteiger partial charge >= 0.3 is 0 Å². The summed E-state index contributed by atoms with van der Waals surface area (Å²) in [5, 5.41) is 3.21. The molecule has 114 valence electrons. The Hall–Kier alpha value is -0.710. The second kappa shape index (κ2) is 7.91. The molecule has 0 bridgehead atoms. The first-order chi connectivity index (χ1) is 9.11. The smallest absolute Gasteiger partial charge is 0.130 e. The molecule has 1 aromatic rings. The van der Waals surface area contributed by atoms with E-state index in [0.717, 1.165) is 32.1 Å². The molecule has 0 saturated carbocycles. The highest BCUT2D eigenvalue weighted by atomic mass is 35.5. The summed E-state index contributed by atoms with van der Waals surface area (Å²) < 4.78 is 26.8. The maximum absolute atomic E-state index is 13.8. The lowest BCUT2D eigenvalue weighted by Crippen LogP contribution is -2.40. The highest BCUT2D eigenvalue weighted by Crippen LogP contribution is 2.28. The van der Waals surface area contributed by atoms with Gasteiger partial charge in [0, 0.05) is 24.2 Å². The molecule has 1 aliphatic heterocycles. The molecule has 1 saturated heterocycles. The number of halogens is 3. The molecule has 0 aromatic heterocycles. The Balaban J connectivity index is 0.00000200. The van der Waals surface area contributed by atoms with Gasteiger partial charge in [-0.05, 0) is 51.9 Å². The highest BCUT2D eigenvalue weighted by Gasteiger charge is 2.25. The normalized spacial score (nSPS) is 21.3. The van der Waals surface area contributed by atoms with Crippen molar-refractivity contribution in [3.8, 4) is 0 Å². The summed E-state index contributed by atoms with van der Waals surface area (Å²) in [6, 6.07) is 3.88. The average Bonchev–Trinajstić information content (AvgIpc) is 2.39. The van der Waals surface area contributed by atoms with Crippen LogP contribution in [-0.4, -0.2) is 31.6 Å². The number of nitrogens with zero attached hydrogens (tertiary/aromatic N) is 1. The monoisotopic (exact) mass is 304 g/mol. The minimum absolute atomic E-state index is 0. The van der Waals surface area contributed by atoms with Crippen molar-refractivity contribution < 1.29 is 8.78 Å². The zero-order valence-corrected chi connectivity index (χ0v) is 12.9. The lowest BCUT2D eigenvalue weighted by Gasteiger charge is -2.37. The van der Waals surface area contributed by atoms with Crippen molar-refractivity contribution >= 4 is 12.4 Å². The number of nitrogens with one attached hydrogen (secondary N) is 1. The third kappa shape index (κ3) is 4.14. The number of piperidine rings is 1.